The normalized spacial score (nSPS) is 16.1. The molecule has 0 spiro atoms. The second-order valence-electron chi connectivity index (χ2n) is 6.19. The van der Waals surface area contributed by atoms with E-state index in [1.807, 2.05) is 31.3 Å². The van der Waals surface area contributed by atoms with Gasteiger partial charge in [0.25, 0.3) is 0 Å². The molecule has 0 aliphatic carbocycles. The SMILES string of the molecule is CCNC(=NCc1ncc(CC)s1)NCC1CC(=O)Nc2ccccc21.I. The number of hydrogen-bond donors (Lipinski definition) is 3. The van der Waals surface area contributed by atoms with Crippen LogP contribution in [0.25, 0.3) is 0 Å². The Morgan fingerprint density at radius 3 is 2.89 bits per heavy atom. The van der Waals surface area contributed by atoms with E-state index >= 15 is 0 Å². The first-order chi connectivity index (χ1) is 12.7. The average Bonchev–Trinajstić information content (AvgIpc) is 3.11. The van der Waals surface area contributed by atoms with Crippen LogP contribution in [0.5, 0.6) is 0 Å². The fourth-order valence-electron chi connectivity index (χ4n) is 2.98. The molecule has 1 unspecified atom stereocenters. The minimum absolute atomic E-state index is 0. The Balaban J connectivity index is 0.00000261. The maximum Gasteiger partial charge on any atom is 0.225 e. The number of nitrogens with zero attached hydrogens (tertiary/aromatic N) is 2. The highest BCUT2D eigenvalue weighted by Gasteiger charge is 2.24. The molecule has 146 valence electrons. The van der Waals surface area contributed by atoms with Gasteiger partial charge in [0, 0.05) is 42.2 Å². The van der Waals surface area contributed by atoms with Gasteiger partial charge < -0.3 is 16.0 Å². The lowest BCUT2D eigenvalue weighted by Gasteiger charge is -2.26. The molecular formula is C19H26IN5OS. The highest BCUT2D eigenvalue weighted by Crippen LogP contribution is 2.31. The molecule has 0 saturated carbocycles. The smallest absolute Gasteiger partial charge is 0.225 e. The molecule has 1 atom stereocenters. The third kappa shape index (κ3) is 5.90. The second kappa shape index (κ2) is 10.6. The van der Waals surface area contributed by atoms with E-state index < -0.39 is 0 Å². The molecule has 2 aromatic rings. The van der Waals surface area contributed by atoms with Crippen LogP contribution in [-0.4, -0.2) is 29.9 Å². The minimum Gasteiger partial charge on any atom is -0.357 e. The fourth-order valence-corrected chi connectivity index (χ4v) is 3.76. The number of aromatic nitrogens is 1. The van der Waals surface area contributed by atoms with E-state index in [-0.39, 0.29) is 35.8 Å². The number of guanidine groups is 1. The zero-order chi connectivity index (χ0) is 18.4. The summed E-state index contributed by atoms with van der Waals surface area (Å²) in [5.74, 6) is 0.951. The fraction of sp³-hybridized carbons (Fsp3) is 0.421. The van der Waals surface area contributed by atoms with Gasteiger partial charge in [-0.05, 0) is 25.0 Å². The Labute approximate surface area is 181 Å². The second-order valence-corrected chi connectivity index (χ2v) is 7.39. The summed E-state index contributed by atoms with van der Waals surface area (Å²) in [4.78, 5) is 22.3. The first kappa shape index (κ1) is 21.6. The average molecular weight is 499 g/mol. The maximum absolute atomic E-state index is 12.0. The van der Waals surface area contributed by atoms with Gasteiger partial charge in [0.2, 0.25) is 5.91 Å². The van der Waals surface area contributed by atoms with E-state index in [0.717, 1.165) is 29.6 Å². The lowest BCUT2D eigenvalue weighted by molar-refractivity contribution is -0.116. The van der Waals surface area contributed by atoms with Crippen molar-refractivity contribution >= 4 is 52.9 Å². The summed E-state index contributed by atoms with van der Waals surface area (Å²) in [6.45, 7) is 6.17. The van der Waals surface area contributed by atoms with Crippen LogP contribution in [0.15, 0.2) is 35.5 Å². The highest BCUT2D eigenvalue weighted by atomic mass is 127. The molecule has 0 saturated heterocycles. The maximum atomic E-state index is 12.0. The molecule has 0 fully saturated rings. The van der Waals surface area contributed by atoms with Gasteiger partial charge >= 0.3 is 0 Å². The quantitative estimate of drug-likeness (QED) is 0.323. The van der Waals surface area contributed by atoms with Crippen molar-refractivity contribution in [1.82, 2.24) is 15.6 Å². The van der Waals surface area contributed by atoms with E-state index in [9.17, 15) is 4.79 Å². The number of nitrogens with one attached hydrogen (secondary N) is 3. The van der Waals surface area contributed by atoms with Crippen LogP contribution >= 0.6 is 35.3 Å². The summed E-state index contributed by atoms with van der Waals surface area (Å²) in [5.41, 5.74) is 2.08. The molecule has 0 radical (unpaired) electrons. The number of aliphatic imine (C=N–C) groups is 1. The summed E-state index contributed by atoms with van der Waals surface area (Å²) >= 11 is 1.70. The number of rotatable bonds is 6. The van der Waals surface area contributed by atoms with Crippen molar-refractivity contribution in [1.29, 1.82) is 0 Å². The Morgan fingerprint density at radius 1 is 1.33 bits per heavy atom. The topological polar surface area (TPSA) is 78.4 Å². The third-order valence-electron chi connectivity index (χ3n) is 4.29. The van der Waals surface area contributed by atoms with Gasteiger partial charge in [0.15, 0.2) is 5.96 Å². The number of anilines is 1. The van der Waals surface area contributed by atoms with Crippen LogP contribution in [-0.2, 0) is 17.8 Å². The highest BCUT2D eigenvalue weighted by molar-refractivity contribution is 14.0. The predicted molar refractivity (Wildman–Crippen MR) is 122 cm³/mol. The van der Waals surface area contributed by atoms with Gasteiger partial charge in [-0.3, -0.25) is 4.79 Å². The number of amides is 1. The lowest BCUT2D eigenvalue weighted by atomic mass is 9.90. The van der Waals surface area contributed by atoms with Gasteiger partial charge in [-0.1, -0.05) is 25.1 Å². The van der Waals surface area contributed by atoms with E-state index in [0.29, 0.717) is 19.5 Å². The van der Waals surface area contributed by atoms with Crippen molar-refractivity contribution in [3.05, 3.63) is 45.9 Å². The Bertz CT molecular complexity index is 792. The van der Waals surface area contributed by atoms with E-state index in [1.54, 1.807) is 11.3 Å². The van der Waals surface area contributed by atoms with Crippen LogP contribution in [0.2, 0.25) is 0 Å². The van der Waals surface area contributed by atoms with E-state index in [2.05, 4.69) is 38.9 Å². The first-order valence-corrected chi connectivity index (χ1v) is 9.85. The summed E-state index contributed by atoms with van der Waals surface area (Å²) in [6.07, 6.45) is 3.41. The van der Waals surface area contributed by atoms with Crippen LogP contribution in [0.4, 0.5) is 5.69 Å². The summed E-state index contributed by atoms with van der Waals surface area (Å²) in [7, 11) is 0. The van der Waals surface area contributed by atoms with Crippen molar-refractivity contribution in [2.75, 3.05) is 18.4 Å². The monoisotopic (exact) mass is 499 g/mol. The minimum atomic E-state index is 0. The summed E-state index contributed by atoms with van der Waals surface area (Å²) in [6, 6.07) is 7.98. The van der Waals surface area contributed by atoms with Crippen LogP contribution in [0.1, 0.15) is 41.6 Å². The molecular weight excluding hydrogens is 473 g/mol. The van der Waals surface area contributed by atoms with Gasteiger partial charge in [-0.2, -0.15) is 0 Å². The molecule has 1 aromatic carbocycles. The number of hydrogen-bond acceptors (Lipinski definition) is 4. The van der Waals surface area contributed by atoms with Gasteiger partial charge in [-0.15, -0.1) is 35.3 Å². The Hall–Kier alpha value is -1.68. The lowest BCUT2D eigenvalue weighted by Crippen LogP contribution is -2.40. The molecule has 1 aliphatic heterocycles. The molecule has 6 nitrogen and oxygen atoms in total. The van der Waals surface area contributed by atoms with E-state index in [1.165, 1.54) is 10.4 Å². The third-order valence-corrected chi connectivity index (χ3v) is 5.42. The molecule has 3 rings (SSSR count). The Kier molecular flexibility index (Phi) is 8.49. The number of carbonyl (C=O) groups excluding carboxylic acids is 1. The van der Waals surface area contributed by atoms with Gasteiger partial charge in [0.05, 0.1) is 6.54 Å². The van der Waals surface area contributed by atoms with Crippen molar-refractivity contribution in [2.45, 2.75) is 39.2 Å². The van der Waals surface area contributed by atoms with Gasteiger partial charge in [-0.25, -0.2) is 9.98 Å². The molecule has 3 N–H and O–H groups in total. The molecule has 1 aromatic heterocycles. The predicted octanol–water partition coefficient (Wildman–Crippen LogP) is 3.50. The van der Waals surface area contributed by atoms with Gasteiger partial charge in [0.1, 0.15) is 5.01 Å². The molecule has 8 heteroatoms. The number of carbonyl (C=O) groups is 1. The number of benzene rings is 1. The first-order valence-electron chi connectivity index (χ1n) is 9.04. The standard InChI is InChI=1S/C19H25N5OS.HI/c1-3-14-11-21-18(26-14)12-23-19(20-4-2)22-10-13-9-17(25)24-16-8-6-5-7-15(13)16;/h5-8,11,13H,3-4,9-10,12H2,1-2H3,(H,24,25)(H2,20,22,23);1H. The summed E-state index contributed by atoms with van der Waals surface area (Å²) in [5, 5.41) is 10.6. The number of para-hydroxylation sites is 1. The number of aryl methyl sites for hydroxylation is 1. The molecule has 1 aliphatic rings. The molecule has 2 heterocycles. The van der Waals surface area contributed by atoms with Crippen LogP contribution in [0.3, 0.4) is 0 Å². The van der Waals surface area contributed by atoms with Crippen LogP contribution < -0.4 is 16.0 Å². The Morgan fingerprint density at radius 2 is 2.15 bits per heavy atom. The van der Waals surface area contributed by atoms with Crippen LogP contribution in [0, 0.1) is 0 Å². The van der Waals surface area contributed by atoms with Crippen molar-refractivity contribution in [3.8, 4) is 0 Å². The van der Waals surface area contributed by atoms with Crippen molar-refractivity contribution in [2.24, 2.45) is 4.99 Å². The zero-order valence-electron chi connectivity index (χ0n) is 15.6. The van der Waals surface area contributed by atoms with E-state index in [4.69, 9.17) is 0 Å². The van der Waals surface area contributed by atoms with Crippen molar-refractivity contribution < 1.29 is 4.79 Å². The number of thiazole rings is 1. The molecule has 1 amide bonds. The largest absolute Gasteiger partial charge is 0.357 e. The zero-order valence-corrected chi connectivity index (χ0v) is 18.8. The van der Waals surface area contributed by atoms with Crippen molar-refractivity contribution in [3.63, 3.8) is 0 Å². The number of fused-ring (bicyclic) bond motifs is 1. The summed E-state index contributed by atoms with van der Waals surface area (Å²) < 4.78 is 0. The number of halogens is 1. The molecule has 27 heavy (non-hydrogen) atoms. The molecule has 0 bridgehead atoms.